The normalized spacial score (nSPS) is 21.2. The Morgan fingerprint density at radius 2 is 1.88 bits per heavy atom. The number of hydrogen-bond donors (Lipinski definition) is 1. The number of hydrogen-bond acceptors (Lipinski definition) is 5. The van der Waals surface area contributed by atoms with Crippen LogP contribution in [0.15, 0.2) is 30.0 Å². The summed E-state index contributed by atoms with van der Waals surface area (Å²) in [7, 11) is 1.59. The Hall–Kier alpha value is -2.34. The molecule has 1 N–H and O–H groups in total. The van der Waals surface area contributed by atoms with Crippen molar-refractivity contribution in [3.8, 4) is 5.75 Å². The van der Waals surface area contributed by atoms with Crippen LogP contribution in [0, 0.1) is 5.92 Å². The number of benzene rings is 1. The molecule has 2 amide bonds. The molecular weight excluding hydrogens is 332 g/mol. The molecular formula is C20H26N2O4. The highest BCUT2D eigenvalue weighted by atomic mass is 16.5. The van der Waals surface area contributed by atoms with Crippen LogP contribution >= 0.6 is 0 Å². The fraction of sp³-hybridized carbons (Fsp3) is 0.500. The SMILES string of the molecule is COc1ccc(C2=C(N3CCCC(CO)C3)C(=O)N(C(C)C)C2=O)cc1. The van der Waals surface area contributed by atoms with Crippen LogP contribution in [0.5, 0.6) is 5.75 Å². The van der Waals surface area contributed by atoms with Crippen LogP contribution in [0.3, 0.4) is 0 Å². The van der Waals surface area contributed by atoms with Crippen molar-refractivity contribution in [3.63, 3.8) is 0 Å². The lowest BCUT2D eigenvalue weighted by Gasteiger charge is -2.34. The fourth-order valence-electron chi connectivity index (χ4n) is 3.73. The number of likely N-dealkylation sites (tertiary alicyclic amines) is 1. The molecule has 1 unspecified atom stereocenters. The molecule has 0 spiro atoms. The van der Waals surface area contributed by atoms with E-state index in [4.69, 9.17) is 4.74 Å². The number of ether oxygens (including phenoxy) is 1. The van der Waals surface area contributed by atoms with Gasteiger partial charge in [-0.25, -0.2) is 0 Å². The monoisotopic (exact) mass is 358 g/mol. The smallest absolute Gasteiger partial charge is 0.278 e. The average molecular weight is 358 g/mol. The fourth-order valence-corrected chi connectivity index (χ4v) is 3.73. The topological polar surface area (TPSA) is 70.1 Å². The second kappa shape index (κ2) is 7.50. The first-order valence-corrected chi connectivity index (χ1v) is 9.10. The van der Waals surface area contributed by atoms with E-state index in [-0.39, 0.29) is 30.4 Å². The summed E-state index contributed by atoms with van der Waals surface area (Å²) in [6.07, 6.45) is 1.84. The van der Waals surface area contributed by atoms with E-state index in [1.807, 2.05) is 30.9 Å². The second-order valence-electron chi connectivity index (χ2n) is 7.16. The molecule has 0 aliphatic carbocycles. The maximum atomic E-state index is 13.1. The second-order valence-corrected chi connectivity index (χ2v) is 7.16. The van der Waals surface area contributed by atoms with E-state index in [2.05, 4.69) is 0 Å². The lowest BCUT2D eigenvalue weighted by Crippen LogP contribution is -2.42. The Labute approximate surface area is 154 Å². The summed E-state index contributed by atoms with van der Waals surface area (Å²) in [5, 5.41) is 9.53. The van der Waals surface area contributed by atoms with Gasteiger partial charge in [-0.05, 0) is 50.3 Å². The van der Waals surface area contributed by atoms with E-state index in [0.29, 0.717) is 29.1 Å². The van der Waals surface area contributed by atoms with Crippen LogP contribution in [0.25, 0.3) is 5.57 Å². The van der Waals surface area contributed by atoms with Crippen molar-refractivity contribution in [2.75, 3.05) is 26.8 Å². The minimum absolute atomic E-state index is 0.0949. The van der Waals surface area contributed by atoms with Crippen molar-refractivity contribution >= 4 is 17.4 Å². The standard InChI is InChI=1S/C20H26N2O4/c1-13(2)22-19(24)17(15-6-8-16(26-3)9-7-15)18(20(22)25)21-10-4-5-14(11-21)12-23/h6-9,13-14,23H,4-5,10-12H2,1-3H3. The van der Waals surface area contributed by atoms with E-state index in [1.54, 1.807) is 19.2 Å². The quantitative estimate of drug-likeness (QED) is 0.814. The van der Waals surface area contributed by atoms with Gasteiger partial charge in [0.1, 0.15) is 11.4 Å². The largest absolute Gasteiger partial charge is 0.497 e. The molecule has 1 fully saturated rings. The third-order valence-electron chi connectivity index (χ3n) is 5.08. The molecule has 0 radical (unpaired) electrons. The molecule has 6 nitrogen and oxygen atoms in total. The number of piperidine rings is 1. The zero-order valence-electron chi connectivity index (χ0n) is 15.6. The molecule has 1 atom stereocenters. The minimum atomic E-state index is -0.253. The molecule has 6 heteroatoms. The maximum Gasteiger partial charge on any atom is 0.278 e. The van der Waals surface area contributed by atoms with E-state index in [1.165, 1.54) is 4.90 Å². The molecule has 2 aliphatic heterocycles. The number of amides is 2. The summed E-state index contributed by atoms with van der Waals surface area (Å²) in [5.74, 6) is 0.335. The lowest BCUT2D eigenvalue weighted by atomic mass is 9.97. The van der Waals surface area contributed by atoms with E-state index >= 15 is 0 Å². The Balaban J connectivity index is 2.06. The van der Waals surface area contributed by atoms with Crippen molar-refractivity contribution in [1.29, 1.82) is 0 Å². The number of aliphatic hydroxyl groups is 1. The van der Waals surface area contributed by atoms with Gasteiger partial charge < -0.3 is 14.7 Å². The van der Waals surface area contributed by atoms with Gasteiger partial charge in [-0.1, -0.05) is 12.1 Å². The van der Waals surface area contributed by atoms with Crippen LogP contribution in [-0.4, -0.2) is 59.6 Å². The zero-order valence-corrected chi connectivity index (χ0v) is 15.6. The van der Waals surface area contributed by atoms with Gasteiger partial charge >= 0.3 is 0 Å². The first kappa shape index (κ1) is 18.5. The van der Waals surface area contributed by atoms with Crippen molar-refractivity contribution in [3.05, 3.63) is 35.5 Å². The molecule has 0 bridgehead atoms. The molecule has 3 rings (SSSR count). The molecule has 26 heavy (non-hydrogen) atoms. The highest BCUT2D eigenvalue weighted by Gasteiger charge is 2.43. The predicted octanol–water partition coefficient (Wildman–Crippen LogP) is 1.89. The summed E-state index contributed by atoms with van der Waals surface area (Å²) < 4.78 is 5.19. The van der Waals surface area contributed by atoms with Crippen molar-refractivity contribution < 1.29 is 19.4 Å². The lowest BCUT2D eigenvalue weighted by molar-refractivity contribution is -0.139. The third-order valence-corrected chi connectivity index (χ3v) is 5.08. The molecule has 2 heterocycles. The van der Waals surface area contributed by atoms with Gasteiger partial charge in [-0.3, -0.25) is 14.5 Å². The van der Waals surface area contributed by atoms with Gasteiger partial charge in [-0.2, -0.15) is 0 Å². The highest BCUT2D eigenvalue weighted by Crippen LogP contribution is 2.35. The summed E-state index contributed by atoms with van der Waals surface area (Å²) in [6.45, 7) is 5.10. The van der Waals surface area contributed by atoms with E-state index < -0.39 is 0 Å². The summed E-state index contributed by atoms with van der Waals surface area (Å²) >= 11 is 0. The van der Waals surface area contributed by atoms with E-state index in [0.717, 1.165) is 19.4 Å². The number of rotatable bonds is 5. The first-order chi connectivity index (χ1) is 12.5. The maximum absolute atomic E-state index is 13.1. The van der Waals surface area contributed by atoms with Gasteiger partial charge in [0.15, 0.2) is 0 Å². The number of aliphatic hydroxyl groups excluding tert-OH is 1. The Morgan fingerprint density at radius 1 is 1.19 bits per heavy atom. The zero-order chi connectivity index (χ0) is 18.8. The number of imide groups is 1. The Bertz CT molecular complexity index is 724. The number of methoxy groups -OCH3 is 1. The summed E-state index contributed by atoms with van der Waals surface area (Å²) in [6, 6.07) is 7.01. The molecule has 2 aliphatic rings. The van der Waals surface area contributed by atoms with Gasteiger partial charge in [0, 0.05) is 25.7 Å². The van der Waals surface area contributed by atoms with Crippen LogP contribution in [0.4, 0.5) is 0 Å². The first-order valence-electron chi connectivity index (χ1n) is 9.10. The highest BCUT2D eigenvalue weighted by molar-refractivity contribution is 6.35. The molecule has 0 saturated carbocycles. The van der Waals surface area contributed by atoms with Gasteiger partial charge in [0.2, 0.25) is 0 Å². The molecule has 140 valence electrons. The molecule has 1 aromatic carbocycles. The van der Waals surface area contributed by atoms with Crippen LogP contribution < -0.4 is 4.74 Å². The van der Waals surface area contributed by atoms with Crippen LogP contribution in [0.2, 0.25) is 0 Å². The number of carbonyl (C=O) groups excluding carboxylic acids is 2. The van der Waals surface area contributed by atoms with Crippen LogP contribution in [0.1, 0.15) is 32.3 Å². The number of nitrogens with zero attached hydrogens (tertiary/aromatic N) is 2. The van der Waals surface area contributed by atoms with Crippen LogP contribution in [-0.2, 0) is 9.59 Å². The van der Waals surface area contributed by atoms with Crippen molar-refractivity contribution in [1.82, 2.24) is 9.80 Å². The Kier molecular flexibility index (Phi) is 5.32. The molecule has 1 saturated heterocycles. The third kappa shape index (κ3) is 3.21. The molecule has 0 aromatic heterocycles. The van der Waals surface area contributed by atoms with Gasteiger partial charge in [0.25, 0.3) is 11.8 Å². The van der Waals surface area contributed by atoms with Gasteiger partial charge in [0.05, 0.1) is 12.7 Å². The van der Waals surface area contributed by atoms with Crippen molar-refractivity contribution in [2.45, 2.75) is 32.7 Å². The van der Waals surface area contributed by atoms with Crippen molar-refractivity contribution in [2.24, 2.45) is 5.92 Å². The predicted molar refractivity (Wildman–Crippen MR) is 98.3 cm³/mol. The van der Waals surface area contributed by atoms with E-state index in [9.17, 15) is 14.7 Å². The Morgan fingerprint density at radius 3 is 2.46 bits per heavy atom. The average Bonchev–Trinajstić information content (AvgIpc) is 2.92. The summed E-state index contributed by atoms with van der Waals surface area (Å²) in [4.78, 5) is 29.4. The number of carbonyl (C=O) groups is 2. The minimum Gasteiger partial charge on any atom is -0.497 e. The van der Waals surface area contributed by atoms with Gasteiger partial charge in [-0.15, -0.1) is 0 Å². The summed E-state index contributed by atoms with van der Waals surface area (Å²) in [5.41, 5.74) is 1.63. The molecule has 1 aromatic rings.